The average Bonchev–Trinajstić information content (AvgIpc) is 4.07. The maximum Gasteiger partial charge on any atom is 0.490 e. The summed E-state index contributed by atoms with van der Waals surface area (Å²) in [5.41, 5.74) is -1.39. The Morgan fingerprint density at radius 2 is 1.19 bits per heavy atom. The van der Waals surface area contributed by atoms with Gasteiger partial charge >= 0.3 is 24.1 Å². The van der Waals surface area contributed by atoms with Gasteiger partial charge in [-0.15, -0.1) is 0 Å². The molecule has 0 amide bonds. The number of aliphatic carboxylic acids is 2. The van der Waals surface area contributed by atoms with Crippen molar-refractivity contribution in [2.45, 2.75) is 135 Å². The van der Waals surface area contributed by atoms with Crippen LogP contribution in [0.5, 0.6) is 11.5 Å². The van der Waals surface area contributed by atoms with Gasteiger partial charge in [-0.2, -0.15) is 23.4 Å². The first-order chi connectivity index (χ1) is 36.1. The van der Waals surface area contributed by atoms with Gasteiger partial charge in [0, 0.05) is 37.4 Å². The minimum absolute atomic E-state index is 0.00427. The molecule has 2 aliphatic carbocycles. The lowest BCUT2D eigenvalue weighted by Crippen LogP contribution is -2.44. The predicted molar refractivity (Wildman–Crippen MR) is 274 cm³/mol. The molecule has 2 saturated carbocycles. The molecular weight excluding hydrogens is 1060 g/mol. The number of carboxylic acids is 2. The topological polar surface area (TPSA) is 241 Å². The molecule has 0 radical (unpaired) electrons. The first kappa shape index (κ1) is 59.1. The van der Waals surface area contributed by atoms with Gasteiger partial charge in [0.05, 0.1) is 74.8 Å². The average molecular weight is 1120 g/mol. The molecule has 0 atom stereocenters. The molecule has 0 saturated heterocycles. The van der Waals surface area contributed by atoms with Crippen molar-refractivity contribution in [1.29, 1.82) is 0 Å². The highest BCUT2D eigenvalue weighted by molar-refractivity contribution is 6.31. The highest BCUT2D eigenvalue weighted by atomic mass is 35.5. The van der Waals surface area contributed by atoms with Gasteiger partial charge in [-0.1, -0.05) is 35.3 Å². The van der Waals surface area contributed by atoms with E-state index in [1.807, 2.05) is 31.5 Å². The van der Waals surface area contributed by atoms with Crippen molar-refractivity contribution in [2.24, 2.45) is 10.8 Å². The van der Waals surface area contributed by atoms with Gasteiger partial charge in [-0.25, -0.2) is 28.2 Å². The van der Waals surface area contributed by atoms with E-state index < -0.39 is 46.2 Å². The number of carboxylic acid groups (broad SMARTS) is 2. The molecule has 77 heavy (non-hydrogen) atoms. The number of aromatic amines is 1. The summed E-state index contributed by atoms with van der Waals surface area (Å²) in [6.07, 6.45) is 8.66. The minimum atomic E-state index is -5.08. The first-order valence-electron chi connectivity index (χ1n) is 24.3. The van der Waals surface area contributed by atoms with Crippen molar-refractivity contribution in [2.75, 3.05) is 10.6 Å². The number of H-pyrrole nitrogens is 1. The lowest BCUT2D eigenvalue weighted by atomic mass is 9.70. The standard InChI is InChI=1S/C29H37ClFN5O3.C21H21ClFN5O3.C2HF3O2/c1-27(2,3)36-24(12-15-33-36)35-23-18-32-17-19(34-23)16-29(26(37)39-28(4,5)6)13-10-20(11-14-29)38-22-9-7-8-21(30)25(22)31;22-15-2-1-3-16(19(15)23)31-14-4-7-21(8-5-14,20(29)30)10-13-11-24-12-18(26-13)27-17-6-9-25-28-17;3-2(4,5)1(6)7/h7-9,12,15,17-18,20H,10-11,13-14,16H2,1-6H3,(H,34,35);1-3,6,9,11-12,14H,4-5,7-8,10H2,(H,29,30)(H2,25,26,27,28);(H,6,7). The second kappa shape index (κ2) is 24.9. The van der Waals surface area contributed by atoms with E-state index in [0.29, 0.717) is 86.6 Å². The Hall–Kier alpha value is -7.14. The van der Waals surface area contributed by atoms with Crippen molar-refractivity contribution in [3.8, 4) is 11.5 Å². The second-order valence-electron chi connectivity index (χ2n) is 20.6. The number of nitrogens with one attached hydrogen (secondary N) is 3. The van der Waals surface area contributed by atoms with E-state index in [1.165, 1.54) is 18.2 Å². The van der Waals surface area contributed by atoms with Crippen LogP contribution in [0.15, 0.2) is 85.7 Å². The molecule has 2 aromatic carbocycles. The lowest BCUT2D eigenvalue weighted by molar-refractivity contribution is -0.192. The Morgan fingerprint density at radius 1 is 0.714 bits per heavy atom. The van der Waals surface area contributed by atoms with Crippen LogP contribution < -0.4 is 20.1 Å². The van der Waals surface area contributed by atoms with Crippen LogP contribution in [0.25, 0.3) is 0 Å². The number of rotatable bonds is 14. The van der Waals surface area contributed by atoms with Crippen molar-refractivity contribution in [3.05, 3.63) is 119 Å². The first-order valence-corrected chi connectivity index (χ1v) is 25.1. The number of ether oxygens (including phenoxy) is 3. The quantitative estimate of drug-likeness (QED) is 0.0503. The fourth-order valence-corrected chi connectivity index (χ4v) is 8.99. The molecule has 18 nitrogen and oxygen atoms in total. The molecule has 8 rings (SSSR count). The Labute approximate surface area is 450 Å². The molecule has 0 unspecified atom stereocenters. The third-order valence-electron chi connectivity index (χ3n) is 12.4. The number of hydrogen-bond acceptors (Lipinski definition) is 14. The normalized spacial score (nSPS) is 19.5. The Balaban J connectivity index is 0.000000226. The molecule has 0 bridgehead atoms. The Kier molecular flexibility index (Phi) is 19.1. The summed E-state index contributed by atoms with van der Waals surface area (Å²) in [6, 6.07) is 12.9. The molecule has 6 aromatic rings. The van der Waals surface area contributed by atoms with Crippen LogP contribution in [-0.4, -0.2) is 92.0 Å². The number of nitrogens with zero attached hydrogens (tertiary/aromatic N) is 7. The smallest absolute Gasteiger partial charge is 0.487 e. The van der Waals surface area contributed by atoms with Crippen LogP contribution in [0.3, 0.4) is 0 Å². The number of esters is 1. The van der Waals surface area contributed by atoms with Gasteiger partial charge in [0.1, 0.15) is 28.9 Å². The second-order valence-corrected chi connectivity index (χ2v) is 21.4. The number of hydrogen-bond donors (Lipinski definition) is 5. The summed E-state index contributed by atoms with van der Waals surface area (Å²) in [7, 11) is 0. The van der Waals surface area contributed by atoms with Crippen LogP contribution in [0, 0.1) is 22.5 Å². The Bertz CT molecular complexity index is 2950. The van der Waals surface area contributed by atoms with E-state index in [9.17, 15) is 36.6 Å². The summed E-state index contributed by atoms with van der Waals surface area (Å²) in [5, 5.41) is 34.5. The van der Waals surface area contributed by atoms with E-state index in [0.717, 1.165) is 5.82 Å². The van der Waals surface area contributed by atoms with E-state index in [1.54, 1.807) is 61.4 Å². The molecule has 4 heterocycles. The number of anilines is 4. The highest BCUT2D eigenvalue weighted by Crippen LogP contribution is 2.44. The zero-order valence-corrected chi connectivity index (χ0v) is 44.4. The number of halogens is 7. The minimum Gasteiger partial charge on any atom is -0.487 e. The predicted octanol–water partition coefficient (Wildman–Crippen LogP) is 11.9. The number of alkyl halides is 3. The van der Waals surface area contributed by atoms with Gasteiger partial charge < -0.3 is 35.1 Å². The molecular formula is C52H59Cl2F5N10O8. The van der Waals surface area contributed by atoms with Crippen LogP contribution in [0.1, 0.15) is 104 Å². The molecule has 0 aliphatic heterocycles. The van der Waals surface area contributed by atoms with Crippen LogP contribution >= 0.6 is 23.2 Å². The van der Waals surface area contributed by atoms with Crippen LogP contribution in [-0.2, 0) is 37.5 Å². The third-order valence-corrected chi connectivity index (χ3v) is 13.0. The fourth-order valence-electron chi connectivity index (χ4n) is 8.66. The summed E-state index contributed by atoms with van der Waals surface area (Å²) >= 11 is 11.7. The number of aromatic nitrogens is 8. The van der Waals surface area contributed by atoms with Gasteiger partial charge in [0.25, 0.3) is 0 Å². The number of carbonyl (C=O) groups is 3. The summed E-state index contributed by atoms with van der Waals surface area (Å²) in [5.74, 6) is -2.37. The van der Waals surface area contributed by atoms with Gasteiger partial charge in [-0.3, -0.25) is 24.7 Å². The van der Waals surface area contributed by atoms with Crippen LogP contribution in [0.4, 0.5) is 45.2 Å². The maximum atomic E-state index is 14.4. The fraction of sp³-hybridized carbons (Fsp3) is 0.442. The van der Waals surface area contributed by atoms with Gasteiger partial charge in [-0.05, 0) is 117 Å². The van der Waals surface area contributed by atoms with Gasteiger partial charge in [0.2, 0.25) is 0 Å². The van der Waals surface area contributed by atoms with E-state index in [2.05, 4.69) is 61.7 Å². The van der Waals surface area contributed by atoms with E-state index >= 15 is 0 Å². The van der Waals surface area contributed by atoms with Crippen LogP contribution in [0.2, 0.25) is 10.0 Å². The third kappa shape index (κ3) is 16.4. The maximum absolute atomic E-state index is 14.4. The van der Waals surface area contributed by atoms with Gasteiger partial charge in [0.15, 0.2) is 23.1 Å². The van der Waals surface area contributed by atoms with Crippen molar-refractivity contribution in [3.63, 3.8) is 0 Å². The summed E-state index contributed by atoms with van der Waals surface area (Å²) in [6.45, 7) is 11.8. The Morgan fingerprint density at radius 3 is 1.64 bits per heavy atom. The lowest BCUT2D eigenvalue weighted by Gasteiger charge is -2.39. The molecule has 25 heteroatoms. The highest BCUT2D eigenvalue weighted by Gasteiger charge is 2.46. The molecule has 414 valence electrons. The van der Waals surface area contributed by atoms with Crippen molar-refractivity contribution in [1.82, 2.24) is 39.9 Å². The monoisotopic (exact) mass is 1120 g/mol. The molecule has 0 spiro atoms. The van der Waals surface area contributed by atoms with E-state index in [-0.39, 0.29) is 51.7 Å². The summed E-state index contributed by atoms with van der Waals surface area (Å²) in [4.78, 5) is 52.5. The summed E-state index contributed by atoms with van der Waals surface area (Å²) < 4.78 is 79.7. The SMILES string of the molecule is CC(C)(C)OC(=O)C1(Cc2cncc(Nc3ccnn3C(C)(C)C)n2)CCC(Oc2cccc(Cl)c2F)CC1.O=C(O)C(F)(F)F.O=C(O)C1(Cc2cncc(Nc3ccn[nH]3)n2)CCC(Oc2cccc(Cl)c2F)CC1. The molecule has 4 aromatic heterocycles. The van der Waals surface area contributed by atoms with E-state index in [4.69, 9.17) is 52.3 Å². The zero-order chi connectivity index (χ0) is 56.3. The zero-order valence-electron chi connectivity index (χ0n) is 42.9. The number of carbonyl (C=O) groups excluding carboxylic acids is 1. The van der Waals surface area contributed by atoms with Crippen molar-refractivity contribution < 1.29 is 60.8 Å². The van der Waals surface area contributed by atoms with Crippen molar-refractivity contribution >= 4 is 64.4 Å². The number of benzene rings is 2. The largest absolute Gasteiger partial charge is 0.490 e. The molecule has 5 N–H and O–H groups in total. The molecule has 2 fully saturated rings. The molecule has 2 aliphatic rings.